The highest BCUT2D eigenvalue weighted by atomic mass is 16.2. The van der Waals surface area contributed by atoms with Gasteiger partial charge in [0.1, 0.15) is 0 Å². The number of carbonyl (C=O) groups excluding carboxylic acids is 2. The number of Topliss-reactive ketones (excluding diaryl/α,β-unsaturated/α-hetero) is 1. The number of ketones is 1. The first-order valence-electron chi connectivity index (χ1n) is 8.40. The Bertz CT molecular complexity index is 462. The van der Waals surface area contributed by atoms with Crippen LogP contribution in [0.3, 0.4) is 0 Å². The molecule has 3 fully saturated rings. The average Bonchev–Trinajstić information content (AvgIpc) is 3.16. The summed E-state index contributed by atoms with van der Waals surface area (Å²) in [5.41, 5.74) is 0. The molecule has 1 amide bonds. The predicted octanol–water partition coefficient (Wildman–Crippen LogP) is 2.58. The van der Waals surface area contributed by atoms with Gasteiger partial charge >= 0.3 is 0 Å². The quantitative estimate of drug-likeness (QED) is 0.790. The van der Waals surface area contributed by atoms with Crippen LogP contribution >= 0.6 is 0 Å². The molecular formula is C17H24N2O2. The lowest BCUT2D eigenvalue weighted by Gasteiger charge is -2.22. The number of hydrogen-bond acceptors (Lipinski definition) is 3. The number of nitrogens with one attached hydrogen (secondary N) is 1. The number of nitriles is 1. The van der Waals surface area contributed by atoms with Crippen molar-refractivity contribution < 1.29 is 9.59 Å². The molecule has 3 aliphatic carbocycles. The molecule has 4 atom stereocenters. The van der Waals surface area contributed by atoms with Gasteiger partial charge in [0.15, 0.2) is 11.7 Å². The Kier molecular flexibility index (Phi) is 4.28. The second-order valence-corrected chi connectivity index (χ2v) is 7.16. The molecule has 0 unspecified atom stereocenters. The van der Waals surface area contributed by atoms with Crippen LogP contribution in [0.4, 0.5) is 0 Å². The minimum atomic E-state index is -1.09. The SMILES string of the molecule is N#C[C@H](C(=O)C[C@H]1C[C@H]2CC[C@H]1C2)C(=O)NC1CCCC1. The second-order valence-electron chi connectivity index (χ2n) is 7.16. The third-order valence-electron chi connectivity index (χ3n) is 5.76. The monoisotopic (exact) mass is 288 g/mol. The van der Waals surface area contributed by atoms with Crippen LogP contribution < -0.4 is 5.32 Å². The number of amides is 1. The lowest BCUT2D eigenvalue weighted by molar-refractivity contribution is -0.132. The van der Waals surface area contributed by atoms with Gasteiger partial charge in [0.05, 0.1) is 6.07 Å². The van der Waals surface area contributed by atoms with Gasteiger partial charge in [-0.2, -0.15) is 5.26 Å². The van der Waals surface area contributed by atoms with E-state index < -0.39 is 5.92 Å². The topological polar surface area (TPSA) is 70.0 Å². The zero-order valence-corrected chi connectivity index (χ0v) is 12.5. The summed E-state index contributed by atoms with van der Waals surface area (Å²) >= 11 is 0. The molecule has 4 heteroatoms. The lowest BCUT2D eigenvalue weighted by Crippen LogP contribution is -2.40. The van der Waals surface area contributed by atoms with E-state index in [0.717, 1.165) is 38.0 Å². The van der Waals surface area contributed by atoms with E-state index >= 15 is 0 Å². The molecular weight excluding hydrogens is 264 g/mol. The first kappa shape index (κ1) is 14.6. The van der Waals surface area contributed by atoms with Crippen LogP contribution in [0.5, 0.6) is 0 Å². The molecule has 0 aromatic carbocycles. The Hall–Kier alpha value is -1.37. The number of fused-ring (bicyclic) bond motifs is 2. The highest BCUT2D eigenvalue weighted by molar-refractivity contribution is 6.04. The molecule has 4 nitrogen and oxygen atoms in total. The highest BCUT2D eigenvalue weighted by Crippen LogP contribution is 2.49. The van der Waals surface area contributed by atoms with Crippen molar-refractivity contribution in [2.24, 2.45) is 23.7 Å². The Labute approximate surface area is 126 Å². The third kappa shape index (κ3) is 3.12. The molecule has 3 rings (SSSR count). The van der Waals surface area contributed by atoms with Crippen LogP contribution in [0.15, 0.2) is 0 Å². The largest absolute Gasteiger partial charge is 0.352 e. The van der Waals surface area contributed by atoms with Gasteiger partial charge in [-0.15, -0.1) is 0 Å². The first-order chi connectivity index (χ1) is 10.2. The summed E-state index contributed by atoms with van der Waals surface area (Å²) in [6.45, 7) is 0. The van der Waals surface area contributed by atoms with Gasteiger partial charge in [-0.1, -0.05) is 19.3 Å². The van der Waals surface area contributed by atoms with Crippen molar-refractivity contribution in [1.82, 2.24) is 5.32 Å². The number of hydrogen-bond donors (Lipinski definition) is 1. The van der Waals surface area contributed by atoms with Crippen LogP contribution in [0.2, 0.25) is 0 Å². The zero-order valence-electron chi connectivity index (χ0n) is 12.5. The van der Waals surface area contributed by atoms with E-state index in [-0.39, 0.29) is 17.7 Å². The van der Waals surface area contributed by atoms with Crippen LogP contribution in [0.1, 0.15) is 57.8 Å². The fraction of sp³-hybridized carbons (Fsp3) is 0.824. The Balaban J connectivity index is 1.53. The smallest absolute Gasteiger partial charge is 0.245 e. The third-order valence-corrected chi connectivity index (χ3v) is 5.76. The molecule has 3 aliphatic rings. The summed E-state index contributed by atoms with van der Waals surface area (Å²) in [6.07, 6.45) is 9.55. The minimum Gasteiger partial charge on any atom is -0.352 e. The minimum absolute atomic E-state index is 0.162. The average molecular weight is 288 g/mol. The van der Waals surface area contributed by atoms with E-state index in [1.807, 2.05) is 6.07 Å². The van der Waals surface area contributed by atoms with Gasteiger partial charge in [-0.05, 0) is 49.9 Å². The van der Waals surface area contributed by atoms with Crippen molar-refractivity contribution in [1.29, 1.82) is 5.26 Å². The van der Waals surface area contributed by atoms with Crippen molar-refractivity contribution in [3.8, 4) is 6.07 Å². The fourth-order valence-electron chi connectivity index (χ4n) is 4.63. The van der Waals surface area contributed by atoms with Gasteiger partial charge in [0, 0.05) is 12.5 Å². The molecule has 3 saturated carbocycles. The predicted molar refractivity (Wildman–Crippen MR) is 78.1 cm³/mol. The first-order valence-corrected chi connectivity index (χ1v) is 8.40. The standard InChI is InChI=1S/C17H24N2O2/c18-10-15(17(21)19-14-3-1-2-4-14)16(20)9-13-8-11-5-6-12(13)7-11/h11-15H,1-9H2,(H,19,21)/t11-,12-,13+,15+/m0/s1. The molecule has 0 aromatic heterocycles. The lowest BCUT2D eigenvalue weighted by atomic mass is 9.83. The number of nitrogens with zero attached hydrogens (tertiary/aromatic N) is 1. The Morgan fingerprint density at radius 2 is 1.90 bits per heavy atom. The molecule has 114 valence electrons. The summed E-state index contributed by atoms with van der Waals surface area (Å²) in [7, 11) is 0. The molecule has 0 spiro atoms. The van der Waals surface area contributed by atoms with Crippen molar-refractivity contribution in [2.45, 2.75) is 63.8 Å². The van der Waals surface area contributed by atoms with Crippen LogP contribution in [-0.2, 0) is 9.59 Å². The number of rotatable bonds is 5. The zero-order chi connectivity index (χ0) is 14.8. The van der Waals surface area contributed by atoms with E-state index in [4.69, 9.17) is 0 Å². The summed E-state index contributed by atoms with van der Waals surface area (Å²) in [4.78, 5) is 24.5. The van der Waals surface area contributed by atoms with Crippen molar-refractivity contribution in [3.05, 3.63) is 0 Å². The van der Waals surface area contributed by atoms with Gasteiger partial charge in [-0.25, -0.2) is 0 Å². The molecule has 0 aliphatic heterocycles. The van der Waals surface area contributed by atoms with Crippen LogP contribution in [0, 0.1) is 35.0 Å². The Morgan fingerprint density at radius 3 is 2.48 bits per heavy atom. The Morgan fingerprint density at radius 1 is 1.14 bits per heavy atom. The van der Waals surface area contributed by atoms with E-state index in [9.17, 15) is 14.9 Å². The maximum Gasteiger partial charge on any atom is 0.245 e. The molecule has 0 saturated heterocycles. The van der Waals surface area contributed by atoms with Crippen molar-refractivity contribution in [2.75, 3.05) is 0 Å². The molecule has 1 N–H and O–H groups in total. The molecule has 0 radical (unpaired) electrons. The van der Waals surface area contributed by atoms with E-state index in [1.165, 1.54) is 19.3 Å². The second kappa shape index (κ2) is 6.17. The number of carbonyl (C=O) groups is 2. The van der Waals surface area contributed by atoms with E-state index in [2.05, 4.69) is 5.32 Å². The molecule has 2 bridgehead atoms. The molecule has 0 heterocycles. The van der Waals surface area contributed by atoms with Gasteiger partial charge in [-0.3, -0.25) is 9.59 Å². The van der Waals surface area contributed by atoms with Gasteiger partial charge < -0.3 is 5.32 Å². The van der Waals surface area contributed by atoms with E-state index in [1.54, 1.807) is 0 Å². The maximum absolute atomic E-state index is 12.3. The summed E-state index contributed by atoms with van der Waals surface area (Å²) < 4.78 is 0. The normalized spacial score (nSPS) is 32.8. The van der Waals surface area contributed by atoms with Gasteiger partial charge in [0.2, 0.25) is 5.91 Å². The van der Waals surface area contributed by atoms with Crippen molar-refractivity contribution >= 4 is 11.7 Å². The van der Waals surface area contributed by atoms with Crippen LogP contribution in [0.25, 0.3) is 0 Å². The molecule has 0 aromatic rings. The fourth-order valence-corrected chi connectivity index (χ4v) is 4.63. The summed E-state index contributed by atoms with van der Waals surface area (Å²) in [6, 6.07) is 2.10. The highest BCUT2D eigenvalue weighted by Gasteiger charge is 2.41. The summed E-state index contributed by atoms with van der Waals surface area (Å²) in [5, 5.41) is 12.1. The molecule has 21 heavy (non-hydrogen) atoms. The van der Waals surface area contributed by atoms with E-state index in [0.29, 0.717) is 18.3 Å². The summed E-state index contributed by atoms with van der Waals surface area (Å²) in [5.74, 6) is 0.260. The van der Waals surface area contributed by atoms with Crippen LogP contribution in [-0.4, -0.2) is 17.7 Å². The van der Waals surface area contributed by atoms with Gasteiger partial charge in [0.25, 0.3) is 0 Å². The maximum atomic E-state index is 12.3. The van der Waals surface area contributed by atoms with Crippen molar-refractivity contribution in [3.63, 3.8) is 0 Å².